The Kier molecular flexibility index (Phi) is 5.39. The van der Waals surface area contributed by atoms with Gasteiger partial charge in [-0.15, -0.1) is 0 Å². The van der Waals surface area contributed by atoms with Crippen LogP contribution >= 0.6 is 0 Å². The van der Waals surface area contributed by atoms with E-state index >= 15 is 0 Å². The number of aliphatic hydroxyl groups is 1. The van der Waals surface area contributed by atoms with Crippen LogP contribution in [-0.4, -0.2) is 57.2 Å². The van der Waals surface area contributed by atoms with E-state index in [0.29, 0.717) is 26.1 Å². The summed E-state index contributed by atoms with van der Waals surface area (Å²) in [6, 6.07) is 4.38. The van der Waals surface area contributed by atoms with Crippen LogP contribution < -0.4 is 5.32 Å². The van der Waals surface area contributed by atoms with Crippen molar-refractivity contribution in [1.29, 1.82) is 0 Å². The molecule has 1 saturated heterocycles. The van der Waals surface area contributed by atoms with Crippen LogP contribution in [0.1, 0.15) is 30.9 Å². The molecule has 6 nitrogen and oxygen atoms in total. The number of carbonyl (C=O) groups is 1. The molecule has 1 aliphatic heterocycles. The highest BCUT2D eigenvalue weighted by Crippen LogP contribution is 2.18. The van der Waals surface area contributed by atoms with Crippen molar-refractivity contribution in [2.75, 3.05) is 19.6 Å². The summed E-state index contributed by atoms with van der Waals surface area (Å²) in [5, 5.41) is 13.7. The molecule has 2 heterocycles. The van der Waals surface area contributed by atoms with Crippen LogP contribution in [0.4, 0.5) is 0 Å². The number of aliphatic hydroxyl groups excluding tert-OH is 1. The van der Waals surface area contributed by atoms with E-state index in [1.165, 1.54) is 11.1 Å². The zero-order chi connectivity index (χ0) is 18.0. The molecule has 2 aromatic rings. The van der Waals surface area contributed by atoms with Crippen LogP contribution in [0.3, 0.4) is 0 Å². The average Bonchev–Trinajstić information content (AvgIpc) is 3.13. The molecule has 0 radical (unpaired) electrons. The van der Waals surface area contributed by atoms with Crippen molar-refractivity contribution in [3.8, 4) is 0 Å². The highest BCUT2D eigenvalue weighted by Gasteiger charge is 2.21. The van der Waals surface area contributed by atoms with Gasteiger partial charge in [0.1, 0.15) is 0 Å². The van der Waals surface area contributed by atoms with Gasteiger partial charge in [-0.25, -0.2) is 4.98 Å². The van der Waals surface area contributed by atoms with Gasteiger partial charge < -0.3 is 19.9 Å². The number of carbonyl (C=O) groups excluding carboxylic acids is 1. The van der Waals surface area contributed by atoms with Gasteiger partial charge in [0.05, 0.1) is 30.0 Å². The third-order valence-electron chi connectivity index (χ3n) is 5.01. The Morgan fingerprint density at radius 3 is 2.76 bits per heavy atom. The van der Waals surface area contributed by atoms with E-state index in [-0.39, 0.29) is 11.9 Å². The molecule has 25 heavy (non-hydrogen) atoms. The van der Waals surface area contributed by atoms with Crippen LogP contribution in [0.5, 0.6) is 0 Å². The Morgan fingerprint density at radius 1 is 1.28 bits per heavy atom. The van der Waals surface area contributed by atoms with Crippen LogP contribution in [0.15, 0.2) is 18.5 Å². The van der Waals surface area contributed by atoms with Gasteiger partial charge in [0.15, 0.2) is 0 Å². The molecular weight excluding hydrogens is 316 g/mol. The normalized spacial score (nSPS) is 17.4. The SMILES string of the molecule is Cc1cc2ncn(C[C@@H](O)CN[C@H](C)CN3CCCC3=O)c2cc1C. The van der Waals surface area contributed by atoms with Gasteiger partial charge in [0, 0.05) is 32.1 Å². The lowest BCUT2D eigenvalue weighted by Gasteiger charge is -2.23. The molecule has 2 atom stereocenters. The molecule has 1 aromatic carbocycles. The van der Waals surface area contributed by atoms with E-state index in [4.69, 9.17) is 0 Å². The molecule has 0 spiro atoms. The van der Waals surface area contributed by atoms with E-state index in [0.717, 1.165) is 24.0 Å². The number of rotatable bonds is 7. The fourth-order valence-electron chi connectivity index (χ4n) is 3.38. The highest BCUT2D eigenvalue weighted by atomic mass is 16.3. The third-order valence-corrected chi connectivity index (χ3v) is 5.01. The van der Waals surface area contributed by atoms with E-state index in [1.54, 1.807) is 6.33 Å². The molecule has 136 valence electrons. The van der Waals surface area contributed by atoms with E-state index in [2.05, 4.69) is 43.2 Å². The number of aryl methyl sites for hydroxylation is 2. The maximum absolute atomic E-state index is 11.7. The quantitative estimate of drug-likeness (QED) is 0.801. The first-order chi connectivity index (χ1) is 11.9. The van der Waals surface area contributed by atoms with Gasteiger partial charge in [-0.1, -0.05) is 0 Å². The molecule has 1 amide bonds. The summed E-state index contributed by atoms with van der Waals surface area (Å²) in [7, 11) is 0. The Balaban J connectivity index is 1.53. The van der Waals surface area contributed by atoms with Crippen LogP contribution in [-0.2, 0) is 11.3 Å². The Hall–Kier alpha value is -1.92. The topological polar surface area (TPSA) is 70.4 Å². The van der Waals surface area contributed by atoms with Crippen molar-refractivity contribution in [3.63, 3.8) is 0 Å². The molecule has 1 aliphatic rings. The maximum Gasteiger partial charge on any atom is 0.222 e. The number of fused-ring (bicyclic) bond motifs is 1. The molecule has 0 unspecified atom stereocenters. The zero-order valence-electron chi connectivity index (χ0n) is 15.3. The molecular formula is C19H28N4O2. The van der Waals surface area contributed by atoms with Crippen molar-refractivity contribution in [2.24, 2.45) is 0 Å². The second-order valence-electron chi connectivity index (χ2n) is 7.23. The largest absolute Gasteiger partial charge is 0.390 e. The average molecular weight is 344 g/mol. The number of aromatic nitrogens is 2. The fraction of sp³-hybridized carbons (Fsp3) is 0.579. The molecule has 1 fully saturated rings. The van der Waals surface area contributed by atoms with Gasteiger partial charge in [-0.05, 0) is 50.5 Å². The monoisotopic (exact) mass is 344 g/mol. The minimum atomic E-state index is -0.504. The van der Waals surface area contributed by atoms with E-state index in [9.17, 15) is 9.90 Å². The molecule has 0 aliphatic carbocycles. The minimum absolute atomic E-state index is 0.168. The van der Waals surface area contributed by atoms with Crippen molar-refractivity contribution in [1.82, 2.24) is 19.8 Å². The van der Waals surface area contributed by atoms with Gasteiger partial charge in [0.2, 0.25) is 5.91 Å². The predicted molar refractivity (Wildman–Crippen MR) is 98.5 cm³/mol. The second-order valence-corrected chi connectivity index (χ2v) is 7.23. The number of nitrogens with zero attached hydrogens (tertiary/aromatic N) is 3. The first-order valence-corrected chi connectivity index (χ1v) is 9.05. The maximum atomic E-state index is 11.7. The standard InChI is InChI=1S/C19H28N4O2/c1-13-7-17-18(8-14(13)2)23(12-21-17)11-16(24)9-20-15(3)10-22-6-4-5-19(22)25/h7-8,12,15-16,20,24H,4-6,9-11H2,1-3H3/t15-,16+/m1/s1. The van der Waals surface area contributed by atoms with Crippen LogP contribution in [0.25, 0.3) is 11.0 Å². The van der Waals surface area contributed by atoms with Gasteiger partial charge >= 0.3 is 0 Å². The molecule has 0 saturated carbocycles. The van der Waals surface area contributed by atoms with Crippen molar-refractivity contribution >= 4 is 16.9 Å². The summed E-state index contributed by atoms with van der Waals surface area (Å²) in [5.74, 6) is 0.241. The van der Waals surface area contributed by atoms with E-state index in [1.807, 2.05) is 9.47 Å². The Morgan fingerprint density at radius 2 is 2.04 bits per heavy atom. The fourth-order valence-corrected chi connectivity index (χ4v) is 3.38. The summed E-state index contributed by atoms with van der Waals surface area (Å²) >= 11 is 0. The minimum Gasteiger partial charge on any atom is -0.390 e. The first kappa shape index (κ1) is 17.9. The van der Waals surface area contributed by atoms with Crippen LogP contribution in [0.2, 0.25) is 0 Å². The number of benzene rings is 1. The summed E-state index contributed by atoms with van der Waals surface area (Å²) in [6.07, 6.45) is 2.91. The van der Waals surface area contributed by atoms with Gasteiger partial charge in [0.25, 0.3) is 0 Å². The molecule has 3 rings (SSSR count). The Labute approximate surface area is 148 Å². The number of likely N-dealkylation sites (tertiary alicyclic amines) is 1. The summed E-state index contributed by atoms with van der Waals surface area (Å²) in [4.78, 5) is 18.0. The summed E-state index contributed by atoms with van der Waals surface area (Å²) < 4.78 is 2.00. The lowest BCUT2D eigenvalue weighted by atomic mass is 10.1. The Bertz CT molecular complexity index is 755. The highest BCUT2D eigenvalue weighted by molar-refractivity contribution is 5.78. The first-order valence-electron chi connectivity index (χ1n) is 9.05. The number of imidazole rings is 1. The van der Waals surface area contributed by atoms with Crippen molar-refractivity contribution in [2.45, 2.75) is 52.3 Å². The van der Waals surface area contributed by atoms with Crippen molar-refractivity contribution < 1.29 is 9.90 Å². The zero-order valence-corrected chi connectivity index (χ0v) is 15.3. The predicted octanol–water partition coefficient (Wildman–Crippen LogP) is 1.61. The third kappa shape index (κ3) is 4.19. The van der Waals surface area contributed by atoms with Crippen molar-refractivity contribution in [3.05, 3.63) is 29.6 Å². The van der Waals surface area contributed by atoms with Gasteiger partial charge in [-0.2, -0.15) is 0 Å². The second kappa shape index (κ2) is 7.54. The molecule has 1 aromatic heterocycles. The number of hydrogen-bond acceptors (Lipinski definition) is 4. The molecule has 2 N–H and O–H groups in total. The van der Waals surface area contributed by atoms with E-state index < -0.39 is 6.10 Å². The van der Waals surface area contributed by atoms with Crippen LogP contribution in [0, 0.1) is 13.8 Å². The summed E-state index contributed by atoms with van der Waals surface area (Å²) in [6.45, 7) is 8.78. The van der Waals surface area contributed by atoms with Gasteiger partial charge in [-0.3, -0.25) is 4.79 Å². The summed E-state index contributed by atoms with van der Waals surface area (Å²) in [5.41, 5.74) is 4.47. The number of nitrogens with one attached hydrogen (secondary N) is 1. The smallest absolute Gasteiger partial charge is 0.222 e. The lowest BCUT2D eigenvalue weighted by molar-refractivity contribution is -0.127. The molecule has 6 heteroatoms. The molecule has 0 bridgehead atoms. The number of hydrogen-bond donors (Lipinski definition) is 2. The lowest BCUT2D eigenvalue weighted by Crippen LogP contribution is -2.43. The number of amides is 1.